The lowest BCUT2D eigenvalue weighted by molar-refractivity contribution is -0.117. The predicted molar refractivity (Wildman–Crippen MR) is 162 cm³/mol. The zero-order valence-electron chi connectivity index (χ0n) is 22.7. The van der Waals surface area contributed by atoms with E-state index in [1.807, 2.05) is 61.5 Å². The Kier molecular flexibility index (Phi) is 7.28. The van der Waals surface area contributed by atoms with Gasteiger partial charge >= 0.3 is 5.69 Å². The Hall–Kier alpha value is -4.50. The summed E-state index contributed by atoms with van der Waals surface area (Å²) in [6.45, 7) is 5.47. The number of nitrogens with one attached hydrogen (secondary N) is 1. The van der Waals surface area contributed by atoms with Gasteiger partial charge in [-0.25, -0.2) is 9.78 Å². The van der Waals surface area contributed by atoms with Gasteiger partial charge in [0.25, 0.3) is 0 Å². The van der Waals surface area contributed by atoms with E-state index in [0.717, 1.165) is 42.4 Å². The Balaban J connectivity index is 1.36. The first-order valence-electron chi connectivity index (χ1n) is 13.7. The van der Waals surface area contributed by atoms with E-state index in [1.165, 1.54) is 17.4 Å². The van der Waals surface area contributed by atoms with Crippen LogP contribution in [0.1, 0.15) is 37.7 Å². The predicted octanol–water partition coefficient (Wildman–Crippen LogP) is 5.73. The molecule has 0 unspecified atom stereocenters. The van der Waals surface area contributed by atoms with E-state index in [2.05, 4.69) is 21.9 Å². The Morgan fingerprint density at radius 3 is 2.80 bits per heavy atom. The lowest BCUT2D eigenvalue weighted by Crippen LogP contribution is -2.37. The molecule has 0 radical (unpaired) electrons. The van der Waals surface area contributed by atoms with Crippen LogP contribution < -0.4 is 20.3 Å². The number of benzene rings is 2. The highest BCUT2D eigenvalue weighted by Gasteiger charge is 2.25. The molecule has 1 aliphatic rings. The number of carbonyl (C=O) groups excluding carboxylic acids is 1. The summed E-state index contributed by atoms with van der Waals surface area (Å²) < 4.78 is 8.15. The van der Waals surface area contributed by atoms with Gasteiger partial charge in [0.15, 0.2) is 0 Å². The highest BCUT2D eigenvalue weighted by molar-refractivity contribution is 7.17. The van der Waals surface area contributed by atoms with Crippen LogP contribution in [0.4, 0.5) is 0 Å². The Morgan fingerprint density at radius 1 is 1.20 bits per heavy atom. The van der Waals surface area contributed by atoms with Gasteiger partial charge in [-0.3, -0.25) is 9.36 Å². The van der Waals surface area contributed by atoms with Crippen LogP contribution in [0.5, 0.6) is 11.5 Å². The third-order valence-electron chi connectivity index (χ3n) is 7.63. The molecule has 1 saturated carbocycles. The van der Waals surface area contributed by atoms with E-state index in [9.17, 15) is 14.7 Å². The molecule has 208 valence electrons. The number of ether oxygens (including phenoxy) is 1. The van der Waals surface area contributed by atoms with Crippen molar-refractivity contribution in [3.63, 3.8) is 0 Å². The van der Waals surface area contributed by atoms with Gasteiger partial charge < -0.3 is 15.2 Å². The summed E-state index contributed by atoms with van der Waals surface area (Å²) in [6.07, 6.45) is 7.04. The second-order valence-corrected chi connectivity index (χ2v) is 11.5. The monoisotopic (exact) mass is 566 g/mol. The van der Waals surface area contributed by atoms with Crippen molar-refractivity contribution >= 4 is 44.3 Å². The number of carbonyl (C=O) groups is 1. The lowest BCUT2D eigenvalue weighted by atomic mass is 9.83. The van der Waals surface area contributed by atoms with Gasteiger partial charge in [-0.1, -0.05) is 31.2 Å². The number of rotatable bonds is 7. The van der Waals surface area contributed by atoms with Crippen LogP contribution in [0.3, 0.4) is 0 Å². The first-order chi connectivity index (χ1) is 19.9. The molecule has 5 aromatic rings. The van der Waals surface area contributed by atoms with Gasteiger partial charge in [0, 0.05) is 18.7 Å². The van der Waals surface area contributed by atoms with Crippen molar-refractivity contribution < 1.29 is 14.6 Å². The van der Waals surface area contributed by atoms with Crippen molar-refractivity contribution in [3.05, 3.63) is 94.0 Å². The summed E-state index contributed by atoms with van der Waals surface area (Å²) in [5.41, 5.74) is 2.29. The number of para-hydroxylation sites is 1. The molecule has 0 spiro atoms. The second-order valence-electron chi connectivity index (χ2n) is 10.5. The smallest absolute Gasteiger partial charge is 0.353 e. The molecule has 0 aliphatic heterocycles. The number of thiophene rings is 1. The van der Waals surface area contributed by atoms with Gasteiger partial charge in [0.2, 0.25) is 5.91 Å². The van der Waals surface area contributed by atoms with E-state index >= 15 is 0 Å². The fraction of sp³-hybridized carbons (Fsp3) is 0.250. The molecule has 1 amide bonds. The summed E-state index contributed by atoms with van der Waals surface area (Å²) in [5, 5.41) is 15.0. The molecular formula is C32H30N4O4S. The maximum atomic E-state index is 13.5. The topological polar surface area (TPSA) is 106 Å². The van der Waals surface area contributed by atoms with Crippen LogP contribution >= 0.6 is 11.3 Å². The van der Waals surface area contributed by atoms with Crippen molar-refractivity contribution in [1.82, 2.24) is 19.9 Å². The van der Waals surface area contributed by atoms with Crippen LogP contribution in [0.25, 0.3) is 32.7 Å². The zero-order chi connectivity index (χ0) is 28.5. The van der Waals surface area contributed by atoms with Crippen LogP contribution in [0.2, 0.25) is 0 Å². The molecule has 3 aromatic heterocycles. The number of nitrogens with zero attached hydrogens (tertiary/aromatic N) is 3. The van der Waals surface area contributed by atoms with Gasteiger partial charge in [-0.15, -0.1) is 11.3 Å². The largest absolute Gasteiger partial charge is 0.511 e. The van der Waals surface area contributed by atoms with E-state index in [1.54, 1.807) is 10.8 Å². The number of aromatic nitrogens is 3. The molecule has 9 heteroatoms. The van der Waals surface area contributed by atoms with Gasteiger partial charge in [-0.05, 0) is 80.1 Å². The number of aliphatic hydroxyl groups excluding tert-OH is 1. The second kappa shape index (κ2) is 11.2. The summed E-state index contributed by atoms with van der Waals surface area (Å²) in [5.74, 6) is 1.64. The zero-order valence-corrected chi connectivity index (χ0v) is 23.5. The molecule has 6 rings (SSSR count). The first kappa shape index (κ1) is 26.7. The third-order valence-corrected chi connectivity index (χ3v) is 8.77. The average Bonchev–Trinajstić information content (AvgIpc) is 3.34. The van der Waals surface area contributed by atoms with Gasteiger partial charge in [0.05, 0.1) is 21.1 Å². The highest BCUT2D eigenvalue weighted by atomic mass is 32.1. The van der Waals surface area contributed by atoms with Crippen LogP contribution in [0, 0.1) is 12.8 Å². The van der Waals surface area contributed by atoms with Gasteiger partial charge in [-0.2, -0.15) is 4.98 Å². The van der Waals surface area contributed by atoms with Crippen molar-refractivity contribution in [2.45, 2.75) is 45.1 Å². The molecule has 3 heterocycles. The van der Waals surface area contributed by atoms with E-state index in [4.69, 9.17) is 4.74 Å². The number of aryl methyl sites for hydroxylation is 1. The molecule has 1 fully saturated rings. The summed E-state index contributed by atoms with van der Waals surface area (Å²) in [7, 11) is 0. The molecule has 0 saturated heterocycles. The molecule has 1 aliphatic carbocycles. The highest BCUT2D eigenvalue weighted by Crippen LogP contribution is 2.32. The Morgan fingerprint density at radius 2 is 2.02 bits per heavy atom. The molecular weight excluding hydrogens is 536 g/mol. The number of pyridine rings is 1. The lowest BCUT2D eigenvalue weighted by Gasteiger charge is -2.29. The SMILES string of the molecule is C=CC(=O)N[C@H]1CCC[C@H](CC(O)=c2sc3nccc4c3c2nc(=O)n4-c2ccc(Oc3ccccc3)cc2C)C1. The Bertz CT molecular complexity index is 1880. The van der Waals surface area contributed by atoms with Crippen molar-refractivity contribution in [2.75, 3.05) is 0 Å². The number of hydrogen-bond donors (Lipinski definition) is 2. The van der Waals surface area contributed by atoms with Crippen LogP contribution in [-0.4, -0.2) is 31.6 Å². The maximum Gasteiger partial charge on any atom is 0.353 e. The van der Waals surface area contributed by atoms with Gasteiger partial charge in [0.1, 0.15) is 27.6 Å². The van der Waals surface area contributed by atoms with Crippen LogP contribution in [-0.2, 0) is 4.79 Å². The van der Waals surface area contributed by atoms with Crippen molar-refractivity contribution in [2.24, 2.45) is 5.92 Å². The van der Waals surface area contributed by atoms with E-state index < -0.39 is 5.69 Å². The molecule has 2 aromatic carbocycles. The summed E-state index contributed by atoms with van der Waals surface area (Å²) in [4.78, 5) is 35.0. The summed E-state index contributed by atoms with van der Waals surface area (Å²) >= 11 is 1.35. The fourth-order valence-electron chi connectivity index (χ4n) is 5.76. The fourth-order valence-corrected chi connectivity index (χ4v) is 6.82. The number of aliphatic hydroxyl groups is 1. The first-order valence-corrected chi connectivity index (χ1v) is 14.5. The number of hydrogen-bond acceptors (Lipinski definition) is 7. The summed E-state index contributed by atoms with van der Waals surface area (Å²) in [6, 6.07) is 17.0. The minimum Gasteiger partial charge on any atom is -0.511 e. The van der Waals surface area contributed by atoms with Crippen molar-refractivity contribution in [1.29, 1.82) is 0 Å². The van der Waals surface area contributed by atoms with E-state index in [0.29, 0.717) is 38.3 Å². The Labute approximate surface area is 240 Å². The number of amides is 1. The minimum absolute atomic E-state index is 0.0635. The minimum atomic E-state index is -0.429. The normalized spacial score (nSPS) is 17.9. The molecule has 8 nitrogen and oxygen atoms in total. The van der Waals surface area contributed by atoms with Crippen molar-refractivity contribution in [3.8, 4) is 17.2 Å². The molecule has 2 atom stereocenters. The molecule has 2 N–H and O–H groups in total. The third kappa shape index (κ3) is 5.32. The molecule has 0 bridgehead atoms. The quantitative estimate of drug-likeness (QED) is 0.244. The van der Waals surface area contributed by atoms with E-state index in [-0.39, 0.29) is 23.6 Å². The maximum absolute atomic E-state index is 13.5. The van der Waals surface area contributed by atoms with Crippen LogP contribution in [0.15, 0.2) is 78.2 Å². The average molecular weight is 567 g/mol. The standard InChI is InChI=1S/C32H30N4O4S/c1-3-27(38)34-21-9-7-8-20(17-21)18-26(37)30-29-28-25(14-15-33-31(28)41-30)36(32(39)35-29)24-13-12-23(16-19(24)2)40-22-10-5-4-6-11-22/h3-6,10-16,20-21,37H,1,7-9,17-18H2,2H3,(H,34,38)/t20-,21-/m0/s1. The molecule has 41 heavy (non-hydrogen) atoms.